The van der Waals surface area contributed by atoms with Crippen LogP contribution in [0.3, 0.4) is 0 Å². The Labute approximate surface area is 119 Å². The molecule has 0 aromatic heterocycles. The molecule has 1 N–H and O–H groups in total. The maximum absolute atomic E-state index is 11.7. The van der Waals surface area contributed by atoms with Crippen LogP contribution in [0.1, 0.15) is 13.8 Å². The smallest absolute Gasteiger partial charge is 0.338 e. The second-order valence-corrected chi connectivity index (χ2v) is 3.80. The molecule has 0 unspecified atom stereocenters. The number of rotatable bonds is 3. The number of methoxy groups -OCH3 is 3. The van der Waals surface area contributed by atoms with Gasteiger partial charge < -0.3 is 19.5 Å². The Bertz CT molecular complexity index is 412. The average molecular weight is 283 g/mol. The summed E-state index contributed by atoms with van der Waals surface area (Å²) in [6.45, 7) is 9.44. The summed E-state index contributed by atoms with van der Waals surface area (Å²) in [4.78, 5) is 23.5. The zero-order valence-corrected chi connectivity index (χ0v) is 12.5. The summed E-state index contributed by atoms with van der Waals surface area (Å²) in [6.07, 6.45) is -0.786. The van der Waals surface area contributed by atoms with Crippen molar-refractivity contribution in [3.8, 4) is 0 Å². The fourth-order valence-corrected chi connectivity index (χ4v) is 1.93. The first-order valence-electron chi connectivity index (χ1n) is 5.85. The average Bonchev–Trinajstić information content (AvgIpc) is 2.46. The summed E-state index contributed by atoms with van der Waals surface area (Å²) >= 11 is 0. The minimum atomic E-state index is -0.786. The molecule has 20 heavy (non-hydrogen) atoms. The van der Waals surface area contributed by atoms with Gasteiger partial charge in [0.2, 0.25) is 0 Å². The number of ether oxygens (including phenoxy) is 3. The summed E-state index contributed by atoms with van der Waals surface area (Å²) in [6, 6.07) is 0. The molecule has 1 rings (SSSR count). The molecule has 0 amide bonds. The van der Waals surface area contributed by atoms with Crippen LogP contribution in [0.4, 0.5) is 0 Å². The number of carbonyl (C=O) groups is 2. The van der Waals surface area contributed by atoms with Crippen molar-refractivity contribution in [1.29, 1.82) is 0 Å². The minimum absolute atomic E-state index is 0.269. The lowest BCUT2D eigenvalue weighted by molar-refractivity contribution is -0.139. The molecule has 0 spiro atoms. The number of esters is 2. The van der Waals surface area contributed by atoms with Gasteiger partial charge in [-0.2, -0.15) is 0 Å². The lowest BCUT2D eigenvalue weighted by atomic mass is 9.94. The third kappa shape index (κ3) is 3.48. The van der Waals surface area contributed by atoms with Gasteiger partial charge in [0.05, 0.1) is 25.4 Å². The summed E-state index contributed by atoms with van der Waals surface area (Å²) < 4.78 is 14.6. The van der Waals surface area contributed by atoms with Crippen molar-refractivity contribution < 1.29 is 23.8 Å². The van der Waals surface area contributed by atoms with Crippen LogP contribution in [-0.2, 0) is 23.8 Å². The normalized spacial score (nSPS) is 15.1. The highest BCUT2D eigenvalue weighted by Gasteiger charge is 2.36. The molecule has 1 aliphatic rings. The molecule has 1 aliphatic heterocycles. The summed E-state index contributed by atoms with van der Waals surface area (Å²) in [7, 11) is 3.97. The molecular formula is C14H21NO5. The van der Waals surface area contributed by atoms with Crippen LogP contribution in [0.15, 0.2) is 35.7 Å². The Balaban J connectivity index is 0.00000172. The maximum atomic E-state index is 11.7. The molecule has 0 radical (unpaired) electrons. The summed E-state index contributed by atoms with van der Waals surface area (Å²) in [5.41, 5.74) is 1.73. The lowest BCUT2D eigenvalue weighted by Gasteiger charge is -2.28. The number of hydrogen-bond donors (Lipinski definition) is 1. The fraction of sp³-hybridized carbons (Fsp3) is 0.429. The van der Waals surface area contributed by atoms with E-state index in [9.17, 15) is 9.59 Å². The van der Waals surface area contributed by atoms with Gasteiger partial charge in [-0.25, -0.2) is 9.59 Å². The van der Waals surface area contributed by atoms with E-state index in [1.54, 1.807) is 13.8 Å². The van der Waals surface area contributed by atoms with Gasteiger partial charge in [-0.3, -0.25) is 0 Å². The number of allylic oxidation sites excluding steroid dienone is 2. The van der Waals surface area contributed by atoms with E-state index in [4.69, 9.17) is 14.2 Å². The Morgan fingerprint density at radius 3 is 1.55 bits per heavy atom. The van der Waals surface area contributed by atoms with Gasteiger partial charge in [0, 0.05) is 18.5 Å². The van der Waals surface area contributed by atoms with E-state index in [0.29, 0.717) is 11.4 Å². The van der Waals surface area contributed by atoms with Crippen LogP contribution in [0.25, 0.3) is 0 Å². The first-order valence-corrected chi connectivity index (χ1v) is 5.85. The van der Waals surface area contributed by atoms with Crippen LogP contribution in [0, 0.1) is 0 Å². The maximum Gasteiger partial charge on any atom is 0.338 e. The SMILES string of the molecule is C=C.COC(=O)C1=C(C)NC(C)=C(C(=O)OC)C1OC. The highest BCUT2D eigenvalue weighted by atomic mass is 16.5. The van der Waals surface area contributed by atoms with Gasteiger partial charge in [-0.05, 0) is 13.8 Å². The van der Waals surface area contributed by atoms with E-state index in [2.05, 4.69) is 18.5 Å². The molecule has 0 saturated carbocycles. The molecule has 0 aromatic rings. The van der Waals surface area contributed by atoms with E-state index < -0.39 is 18.0 Å². The fourth-order valence-electron chi connectivity index (χ4n) is 1.93. The van der Waals surface area contributed by atoms with Crippen molar-refractivity contribution in [2.45, 2.75) is 20.0 Å². The number of dihydropyridines is 1. The number of nitrogens with one attached hydrogen (secondary N) is 1. The molecule has 1 heterocycles. The molecule has 112 valence electrons. The number of carbonyl (C=O) groups excluding carboxylic acids is 2. The molecule has 6 nitrogen and oxygen atoms in total. The minimum Gasteiger partial charge on any atom is -0.466 e. The van der Waals surface area contributed by atoms with Gasteiger partial charge in [-0.15, -0.1) is 13.2 Å². The van der Waals surface area contributed by atoms with Crippen LogP contribution >= 0.6 is 0 Å². The zero-order valence-electron chi connectivity index (χ0n) is 12.5. The van der Waals surface area contributed by atoms with Crippen molar-refractivity contribution in [2.75, 3.05) is 21.3 Å². The van der Waals surface area contributed by atoms with Crippen molar-refractivity contribution in [3.63, 3.8) is 0 Å². The van der Waals surface area contributed by atoms with Crippen LogP contribution in [0.2, 0.25) is 0 Å². The van der Waals surface area contributed by atoms with Gasteiger partial charge in [0.1, 0.15) is 6.10 Å². The third-order valence-corrected chi connectivity index (χ3v) is 2.75. The Kier molecular flexibility index (Phi) is 7.31. The first-order chi connectivity index (χ1) is 9.47. The topological polar surface area (TPSA) is 73.9 Å². The van der Waals surface area contributed by atoms with Crippen molar-refractivity contribution >= 4 is 11.9 Å². The second kappa shape index (κ2) is 8.16. The van der Waals surface area contributed by atoms with Gasteiger partial charge in [-0.1, -0.05) is 0 Å². The Morgan fingerprint density at radius 2 is 1.30 bits per heavy atom. The van der Waals surface area contributed by atoms with Crippen molar-refractivity contribution in [1.82, 2.24) is 5.32 Å². The van der Waals surface area contributed by atoms with E-state index in [-0.39, 0.29) is 11.1 Å². The Morgan fingerprint density at radius 1 is 0.950 bits per heavy atom. The van der Waals surface area contributed by atoms with E-state index in [1.165, 1.54) is 21.3 Å². The van der Waals surface area contributed by atoms with Crippen molar-refractivity contribution in [3.05, 3.63) is 35.7 Å². The summed E-state index contributed by atoms with van der Waals surface area (Å²) in [5, 5.41) is 2.95. The lowest BCUT2D eigenvalue weighted by Crippen LogP contribution is -2.37. The monoisotopic (exact) mass is 283 g/mol. The number of hydrogen-bond acceptors (Lipinski definition) is 6. The van der Waals surface area contributed by atoms with E-state index in [0.717, 1.165) is 0 Å². The second-order valence-electron chi connectivity index (χ2n) is 3.80. The predicted octanol–water partition coefficient (Wildman–Crippen LogP) is 1.30. The molecule has 0 fully saturated rings. The van der Waals surface area contributed by atoms with E-state index >= 15 is 0 Å². The van der Waals surface area contributed by atoms with Crippen molar-refractivity contribution in [2.24, 2.45) is 0 Å². The molecular weight excluding hydrogens is 262 g/mol. The summed E-state index contributed by atoms with van der Waals surface area (Å²) in [5.74, 6) is -1.08. The van der Waals surface area contributed by atoms with Crippen LogP contribution < -0.4 is 5.32 Å². The predicted molar refractivity (Wildman–Crippen MR) is 74.6 cm³/mol. The van der Waals surface area contributed by atoms with Crippen LogP contribution in [0.5, 0.6) is 0 Å². The van der Waals surface area contributed by atoms with Gasteiger partial charge in [0.25, 0.3) is 0 Å². The molecule has 0 atom stereocenters. The molecule has 0 aliphatic carbocycles. The van der Waals surface area contributed by atoms with Crippen LogP contribution in [-0.4, -0.2) is 39.4 Å². The Hall–Kier alpha value is -2.08. The zero-order chi connectivity index (χ0) is 15.9. The highest BCUT2D eigenvalue weighted by Crippen LogP contribution is 2.27. The molecule has 0 saturated heterocycles. The molecule has 6 heteroatoms. The van der Waals surface area contributed by atoms with E-state index in [1.807, 2.05) is 0 Å². The van der Waals surface area contributed by atoms with Gasteiger partial charge in [0.15, 0.2) is 0 Å². The van der Waals surface area contributed by atoms with Gasteiger partial charge >= 0.3 is 11.9 Å². The quantitative estimate of drug-likeness (QED) is 0.621. The standard InChI is InChI=1S/C12H17NO5.C2H4/c1-6-8(11(14)17-4)10(16-3)9(7(2)13-6)12(15)18-5;1-2/h10,13H,1-5H3;1-2H2. The first kappa shape index (κ1) is 17.9. The molecule has 0 bridgehead atoms. The highest BCUT2D eigenvalue weighted by molar-refractivity contribution is 5.98. The largest absolute Gasteiger partial charge is 0.466 e. The third-order valence-electron chi connectivity index (χ3n) is 2.75. The molecule has 0 aromatic carbocycles.